The van der Waals surface area contributed by atoms with E-state index in [2.05, 4.69) is 0 Å². The lowest BCUT2D eigenvalue weighted by atomic mass is 9.84. The molecule has 8 nitrogen and oxygen atoms in total. The zero-order valence-corrected chi connectivity index (χ0v) is 15.6. The Bertz CT molecular complexity index is 825. The second kappa shape index (κ2) is 9.15. The van der Waals surface area contributed by atoms with E-state index in [1.165, 1.54) is 31.4 Å². The molecule has 0 saturated heterocycles. The van der Waals surface area contributed by atoms with Crippen molar-refractivity contribution in [1.29, 1.82) is 0 Å². The van der Waals surface area contributed by atoms with Crippen molar-refractivity contribution in [3.05, 3.63) is 71.8 Å². The van der Waals surface area contributed by atoms with Crippen LogP contribution < -0.4 is 0 Å². The zero-order valence-electron chi connectivity index (χ0n) is 15.6. The fraction of sp³-hybridized carbons (Fsp3) is 0.333. The normalized spacial score (nSPS) is 29.1. The molecule has 0 aliphatic heterocycles. The molecule has 3 rings (SSSR count). The van der Waals surface area contributed by atoms with Crippen molar-refractivity contribution in [3.8, 4) is 0 Å². The second-order valence-electron chi connectivity index (χ2n) is 6.64. The molecule has 154 valence electrons. The number of aliphatic hydroxyl groups excluding tert-OH is 3. The van der Waals surface area contributed by atoms with Crippen molar-refractivity contribution >= 4 is 11.9 Å². The number of rotatable bonds is 5. The van der Waals surface area contributed by atoms with Crippen LogP contribution in [0.3, 0.4) is 0 Å². The highest BCUT2D eigenvalue weighted by Gasteiger charge is 2.53. The number of ether oxygens (including phenoxy) is 3. The van der Waals surface area contributed by atoms with Gasteiger partial charge < -0.3 is 29.5 Å². The lowest BCUT2D eigenvalue weighted by Crippen LogP contribution is -2.66. The summed E-state index contributed by atoms with van der Waals surface area (Å²) in [5.74, 6) is -1.56. The van der Waals surface area contributed by atoms with Gasteiger partial charge in [0.05, 0.1) is 11.1 Å². The molecule has 8 heteroatoms. The topological polar surface area (TPSA) is 123 Å². The molecule has 0 unspecified atom stereocenters. The first kappa shape index (κ1) is 20.9. The van der Waals surface area contributed by atoms with Crippen LogP contribution >= 0.6 is 0 Å². The highest BCUT2D eigenvalue weighted by molar-refractivity contribution is 5.90. The van der Waals surface area contributed by atoms with Crippen molar-refractivity contribution in [2.45, 2.75) is 36.6 Å². The number of carbonyl (C=O) groups is 2. The van der Waals surface area contributed by atoms with Gasteiger partial charge in [0.2, 0.25) is 0 Å². The average molecular weight is 402 g/mol. The molecule has 0 heterocycles. The van der Waals surface area contributed by atoms with E-state index in [4.69, 9.17) is 14.2 Å². The van der Waals surface area contributed by atoms with E-state index in [9.17, 15) is 24.9 Å². The van der Waals surface area contributed by atoms with Crippen LogP contribution in [0.15, 0.2) is 60.7 Å². The van der Waals surface area contributed by atoms with Crippen molar-refractivity contribution in [1.82, 2.24) is 0 Å². The van der Waals surface area contributed by atoms with Crippen molar-refractivity contribution in [2.75, 3.05) is 7.11 Å². The Labute approximate surface area is 167 Å². The molecule has 2 aromatic carbocycles. The van der Waals surface area contributed by atoms with Gasteiger partial charge in [-0.1, -0.05) is 36.4 Å². The molecule has 0 aromatic heterocycles. The standard InChI is InChI=1S/C21H22O8/c1-27-18-15(23)14(22)17(28-20(25)12-8-4-2-5-9-12)16(24)19(18)29-21(26)13-10-6-3-7-11-13/h2-11,14-19,22-24H,1H3/t14-,15+,16+,17+,18-,19-/m1/s1. The van der Waals surface area contributed by atoms with Crippen LogP contribution in [0.1, 0.15) is 20.7 Å². The number of hydrogen-bond donors (Lipinski definition) is 3. The van der Waals surface area contributed by atoms with Gasteiger partial charge in [-0.25, -0.2) is 9.59 Å². The second-order valence-corrected chi connectivity index (χ2v) is 6.64. The third-order valence-corrected chi connectivity index (χ3v) is 4.80. The molecule has 2 aromatic rings. The molecule has 0 radical (unpaired) electrons. The number of esters is 2. The molecular formula is C21H22O8. The van der Waals surface area contributed by atoms with E-state index in [1.807, 2.05) is 0 Å². The molecule has 1 aliphatic rings. The Morgan fingerprint density at radius 1 is 0.655 bits per heavy atom. The Hall–Kier alpha value is -2.78. The minimum atomic E-state index is -1.64. The van der Waals surface area contributed by atoms with Crippen LogP contribution in [-0.4, -0.2) is 71.0 Å². The van der Waals surface area contributed by atoms with Crippen LogP contribution in [-0.2, 0) is 14.2 Å². The Balaban J connectivity index is 1.81. The summed E-state index contributed by atoms with van der Waals surface area (Å²) in [6.45, 7) is 0. The first-order valence-corrected chi connectivity index (χ1v) is 9.03. The predicted octanol–water partition coefficient (Wildman–Crippen LogP) is 0.549. The van der Waals surface area contributed by atoms with Gasteiger partial charge >= 0.3 is 11.9 Å². The third-order valence-electron chi connectivity index (χ3n) is 4.80. The molecule has 6 atom stereocenters. The van der Waals surface area contributed by atoms with E-state index in [-0.39, 0.29) is 11.1 Å². The molecule has 1 fully saturated rings. The molecule has 0 amide bonds. The molecule has 0 bridgehead atoms. The highest BCUT2D eigenvalue weighted by Crippen LogP contribution is 2.29. The number of methoxy groups -OCH3 is 1. The Morgan fingerprint density at radius 3 is 1.52 bits per heavy atom. The summed E-state index contributed by atoms with van der Waals surface area (Å²) in [7, 11) is 1.24. The number of aliphatic hydroxyl groups is 3. The summed E-state index contributed by atoms with van der Waals surface area (Å²) in [4.78, 5) is 24.8. The molecule has 1 saturated carbocycles. The molecule has 29 heavy (non-hydrogen) atoms. The summed E-state index contributed by atoms with van der Waals surface area (Å²) in [5, 5.41) is 31.5. The maximum Gasteiger partial charge on any atom is 0.338 e. The Kier molecular flexibility index (Phi) is 6.60. The van der Waals surface area contributed by atoms with Gasteiger partial charge in [0.1, 0.15) is 24.4 Å². The van der Waals surface area contributed by atoms with E-state index >= 15 is 0 Å². The molecular weight excluding hydrogens is 380 g/mol. The van der Waals surface area contributed by atoms with Gasteiger partial charge in [-0.05, 0) is 24.3 Å². The van der Waals surface area contributed by atoms with Crippen molar-refractivity contribution in [3.63, 3.8) is 0 Å². The lowest BCUT2D eigenvalue weighted by Gasteiger charge is -2.43. The van der Waals surface area contributed by atoms with Crippen molar-refractivity contribution < 1.29 is 39.1 Å². The quantitative estimate of drug-likeness (QED) is 0.620. The van der Waals surface area contributed by atoms with Gasteiger partial charge in [-0.15, -0.1) is 0 Å². The largest absolute Gasteiger partial charge is 0.453 e. The molecule has 0 spiro atoms. The van der Waals surface area contributed by atoms with Crippen molar-refractivity contribution in [2.24, 2.45) is 0 Å². The molecule has 3 N–H and O–H groups in total. The van der Waals surface area contributed by atoms with Crippen LogP contribution in [0.5, 0.6) is 0 Å². The van der Waals surface area contributed by atoms with Crippen LogP contribution in [0.4, 0.5) is 0 Å². The number of benzene rings is 2. The van der Waals surface area contributed by atoms with Crippen LogP contribution in [0.25, 0.3) is 0 Å². The maximum absolute atomic E-state index is 12.4. The predicted molar refractivity (Wildman–Crippen MR) is 100 cm³/mol. The summed E-state index contributed by atoms with van der Waals surface area (Å²) in [5.41, 5.74) is 0.432. The van der Waals surface area contributed by atoms with Gasteiger partial charge in [0.15, 0.2) is 12.2 Å². The first-order chi connectivity index (χ1) is 13.9. The zero-order chi connectivity index (χ0) is 21.0. The van der Waals surface area contributed by atoms with Gasteiger partial charge in [0, 0.05) is 7.11 Å². The van der Waals surface area contributed by atoms with E-state index in [0.29, 0.717) is 0 Å². The third kappa shape index (κ3) is 4.46. The van der Waals surface area contributed by atoms with Gasteiger partial charge in [0.25, 0.3) is 0 Å². The van der Waals surface area contributed by atoms with Gasteiger partial charge in [-0.2, -0.15) is 0 Å². The summed E-state index contributed by atoms with van der Waals surface area (Å²) >= 11 is 0. The number of hydrogen-bond acceptors (Lipinski definition) is 8. The summed E-state index contributed by atoms with van der Waals surface area (Å²) < 4.78 is 15.7. The fourth-order valence-electron chi connectivity index (χ4n) is 3.25. The molecule has 1 aliphatic carbocycles. The van der Waals surface area contributed by atoms with E-state index in [0.717, 1.165) is 0 Å². The van der Waals surface area contributed by atoms with E-state index in [1.54, 1.807) is 36.4 Å². The number of carbonyl (C=O) groups excluding carboxylic acids is 2. The summed E-state index contributed by atoms with van der Waals surface area (Å²) in [6.07, 6.45) is -8.96. The average Bonchev–Trinajstić information content (AvgIpc) is 2.76. The minimum absolute atomic E-state index is 0.202. The summed E-state index contributed by atoms with van der Waals surface area (Å²) in [6, 6.07) is 16.0. The van der Waals surface area contributed by atoms with Crippen LogP contribution in [0, 0.1) is 0 Å². The fourth-order valence-corrected chi connectivity index (χ4v) is 3.25. The Morgan fingerprint density at radius 2 is 1.07 bits per heavy atom. The first-order valence-electron chi connectivity index (χ1n) is 9.03. The monoisotopic (exact) mass is 402 g/mol. The maximum atomic E-state index is 12.4. The SMILES string of the molecule is CO[C@@H]1[C@@H](O)[C@@H](O)[C@H](OC(=O)c2ccccc2)[C@H](O)[C@H]1OC(=O)c1ccccc1. The van der Waals surface area contributed by atoms with Gasteiger partial charge in [-0.3, -0.25) is 0 Å². The smallest absolute Gasteiger partial charge is 0.338 e. The highest BCUT2D eigenvalue weighted by atomic mass is 16.6. The van der Waals surface area contributed by atoms with E-state index < -0.39 is 48.6 Å². The van der Waals surface area contributed by atoms with Crippen LogP contribution in [0.2, 0.25) is 0 Å². The lowest BCUT2D eigenvalue weighted by molar-refractivity contribution is -0.229. The minimum Gasteiger partial charge on any atom is -0.453 e.